The number of rotatable bonds is 11. The first-order valence-electron chi connectivity index (χ1n) is 11.4. The largest absolute Gasteiger partial charge is 0.490 e. The monoisotopic (exact) mass is 400 g/mol. The van der Waals surface area contributed by atoms with Crippen molar-refractivity contribution in [2.45, 2.75) is 78.1 Å². The summed E-state index contributed by atoms with van der Waals surface area (Å²) >= 11 is 0. The second kappa shape index (κ2) is 10.8. The van der Waals surface area contributed by atoms with E-state index >= 15 is 4.39 Å². The summed E-state index contributed by atoms with van der Waals surface area (Å²) in [6.45, 7) is 5.02. The summed E-state index contributed by atoms with van der Waals surface area (Å²) in [5.41, 5.74) is 2.96. The predicted molar refractivity (Wildman–Crippen MR) is 116 cm³/mol. The summed E-state index contributed by atoms with van der Waals surface area (Å²) in [5.74, 6) is 0.527. The van der Waals surface area contributed by atoms with Crippen LogP contribution >= 0.6 is 0 Å². The van der Waals surface area contributed by atoms with Gasteiger partial charge in [-0.25, -0.2) is 8.78 Å². The molecule has 0 spiro atoms. The maximum atomic E-state index is 15.1. The van der Waals surface area contributed by atoms with Crippen LogP contribution in [0.3, 0.4) is 0 Å². The average molecular weight is 401 g/mol. The highest BCUT2D eigenvalue weighted by molar-refractivity contribution is 5.74. The fraction of sp³-hybridized carbons (Fsp3) is 0.538. The lowest BCUT2D eigenvalue weighted by molar-refractivity contribution is 0.252. The Balaban J connectivity index is 1.62. The molecule has 1 nitrogen and oxygen atoms in total. The van der Waals surface area contributed by atoms with Gasteiger partial charge >= 0.3 is 0 Å². The molecule has 0 amide bonds. The summed E-state index contributed by atoms with van der Waals surface area (Å²) < 4.78 is 35.0. The number of halogens is 2. The van der Waals surface area contributed by atoms with E-state index in [1.807, 2.05) is 12.1 Å². The summed E-state index contributed by atoms with van der Waals surface area (Å²) in [5, 5.41) is 0. The first-order chi connectivity index (χ1) is 14.2. The first-order valence-corrected chi connectivity index (χ1v) is 11.4. The minimum atomic E-state index is -0.271. The smallest absolute Gasteiger partial charge is 0.168 e. The first kappa shape index (κ1) is 21.8. The Morgan fingerprint density at radius 1 is 0.828 bits per heavy atom. The van der Waals surface area contributed by atoms with E-state index in [4.69, 9.17) is 4.74 Å². The van der Waals surface area contributed by atoms with E-state index < -0.39 is 0 Å². The molecule has 0 saturated heterocycles. The van der Waals surface area contributed by atoms with Gasteiger partial charge in [0, 0.05) is 0 Å². The summed E-state index contributed by atoms with van der Waals surface area (Å²) in [4.78, 5) is 0. The van der Waals surface area contributed by atoms with Crippen molar-refractivity contribution in [2.75, 3.05) is 6.61 Å². The van der Waals surface area contributed by atoms with Crippen LogP contribution in [-0.4, -0.2) is 6.61 Å². The molecule has 2 aromatic carbocycles. The highest BCUT2D eigenvalue weighted by atomic mass is 19.1. The van der Waals surface area contributed by atoms with Crippen LogP contribution in [-0.2, 0) is 12.8 Å². The van der Waals surface area contributed by atoms with E-state index in [1.165, 1.54) is 51.0 Å². The lowest BCUT2D eigenvalue weighted by Gasteiger charge is -2.22. The Morgan fingerprint density at radius 3 is 2.41 bits per heavy atom. The number of unbranched alkanes of at least 4 members (excludes halogenated alkanes) is 3. The van der Waals surface area contributed by atoms with Crippen LogP contribution in [0.5, 0.6) is 5.75 Å². The lowest BCUT2D eigenvalue weighted by Crippen LogP contribution is -2.11. The minimum absolute atomic E-state index is 0.199. The molecular formula is C26H34F2O. The average Bonchev–Trinajstić information content (AvgIpc) is 2.73. The minimum Gasteiger partial charge on any atom is -0.490 e. The fourth-order valence-corrected chi connectivity index (χ4v) is 4.56. The van der Waals surface area contributed by atoms with Gasteiger partial charge in [0.1, 0.15) is 5.82 Å². The van der Waals surface area contributed by atoms with Gasteiger partial charge in [-0.3, -0.25) is 0 Å². The van der Waals surface area contributed by atoms with Crippen molar-refractivity contribution in [3.8, 4) is 16.9 Å². The van der Waals surface area contributed by atoms with E-state index in [9.17, 15) is 4.39 Å². The van der Waals surface area contributed by atoms with Gasteiger partial charge in [0.15, 0.2) is 11.6 Å². The van der Waals surface area contributed by atoms with E-state index in [-0.39, 0.29) is 11.6 Å². The third-order valence-corrected chi connectivity index (χ3v) is 6.19. The molecule has 29 heavy (non-hydrogen) atoms. The molecule has 2 aromatic rings. The van der Waals surface area contributed by atoms with Crippen molar-refractivity contribution >= 4 is 0 Å². The SMILES string of the molecule is CCCCCCC(CCC)CCOc1ccc2c(c1F)CCc1c(F)cccc1-2. The number of hydrogen-bond acceptors (Lipinski definition) is 1. The molecule has 0 fully saturated rings. The highest BCUT2D eigenvalue weighted by Crippen LogP contribution is 2.38. The zero-order chi connectivity index (χ0) is 20.6. The van der Waals surface area contributed by atoms with Gasteiger partial charge in [-0.2, -0.15) is 0 Å². The Morgan fingerprint density at radius 2 is 1.62 bits per heavy atom. The van der Waals surface area contributed by atoms with Crippen LogP contribution in [0.4, 0.5) is 8.78 Å². The van der Waals surface area contributed by atoms with Crippen molar-refractivity contribution in [2.24, 2.45) is 5.92 Å². The summed E-state index contributed by atoms with van der Waals surface area (Å²) in [6, 6.07) is 8.65. The highest BCUT2D eigenvalue weighted by Gasteiger charge is 2.23. The standard InChI is InChI=1S/C26H34F2O/c1-3-5-6-7-10-19(9-4-2)17-18-29-25-16-15-21-20-11-8-12-24(27)22(20)13-14-23(21)26(25)28/h8,11-12,15-16,19H,3-7,9-10,13-14,17-18H2,1-2H3. The molecule has 0 aromatic heterocycles. The molecule has 0 bridgehead atoms. The van der Waals surface area contributed by atoms with Gasteiger partial charge < -0.3 is 4.74 Å². The van der Waals surface area contributed by atoms with Crippen molar-refractivity contribution in [3.05, 3.63) is 53.1 Å². The zero-order valence-corrected chi connectivity index (χ0v) is 17.9. The van der Waals surface area contributed by atoms with Crippen molar-refractivity contribution in [1.29, 1.82) is 0 Å². The zero-order valence-electron chi connectivity index (χ0n) is 17.9. The Hall–Kier alpha value is -1.90. The second-order valence-corrected chi connectivity index (χ2v) is 8.31. The lowest BCUT2D eigenvalue weighted by atomic mass is 9.85. The van der Waals surface area contributed by atoms with Crippen molar-refractivity contribution in [1.82, 2.24) is 0 Å². The number of benzene rings is 2. The molecule has 0 N–H and O–H groups in total. The molecule has 1 aliphatic carbocycles. The quantitative estimate of drug-likeness (QED) is 0.348. The topological polar surface area (TPSA) is 9.23 Å². The van der Waals surface area contributed by atoms with Crippen LogP contribution in [0.2, 0.25) is 0 Å². The molecular weight excluding hydrogens is 366 g/mol. The predicted octanol–water partition coefficient (Wildman–Crippen LogP) is 7.89. The maximum absolute atomic E-state index is 15.1. The number of hydrogen-bond donors (Lipinski definition) is 0. The molecule has 0 saturated carbocycles. The van der Waals surface area contributed by atoms with Crippen LogP contribution < -0.4 is 4.74 Å². The van der Waals surface area contributed by atoms with Crippen LogP contribution in [0.25, 0.3) is 11.1 Å². The molecule has 0 aliphatic heterocycles. The van der Waals surface area contributed by atoms with E-state index in [2.05, 4.69) is 13.8 Å². The molecule has 1 aliphatic rings. The van der Waals surface area contributed by atoms with Crippen molar-refractivity contribution in [3.63, 3.8) is 0 Å². The maximum Gasteiger partial charge on any atom is 0.168 e. The summed E-state index contributed by atoms with van der Waals surface area (Å²) in [7, 11) is 0. The number of fused-ring (bicyclic) bond motifs is 3. The van der Waals surface area contributed by atoms with E-state index in [0.29, 0.717) is 42.2 Å². The second-order valence-electron chi connectivity index (χ2n) is 8.31. The van der Waals surface area contributed by atoms with Crippen molar-refractivity contribution < 1.29 is 13.5 Å². The molecule has 3 heteroatoms. The Labute approximate surface area is 174 Å². The van der Waals surface area contributed by atoms with Gasteiger partial charge in [0.05, 0.1) is 6.61 Å². The molecule has 3 rings (SSSR count). The molecule has 1 atom stereocenters. The van der Waals surface area contributed by atoms with Gasteiger partial charge in [-0.1, -0.05) is 77.0 Å². The number of ether oxygens (including phenoxy) is 1. The van der Waals surface area contributed by atoms with Gasteiger partial charge in [-0.05, 0) is 59.6 Å². The van der Waals surface area contributed by atoms with Crippen LogP contribution in [0, 0.1) is 17.6 Å². The molecule has 0 radical (unpaired) electrons. The summed E-state index contributed by atoms with van der Waals surface area (Å²) in [6.07, 6.45) is 10.8. The van der Waals surface area contributed by atoms with E-state index in [1.54, 1.807) is 12.1 Å². The Kier molecular flexibility index (Phi) is 8.09. The van der Waals surface area contributed by atoms with Gasteiger partial charge in [-0.15, -0.1) is 0 Å². The third kappa shape index (κ3) is 5.38. The fourth-order valence-electron chi connectivity index (χ4n) is 4.56. The molecule has 158 valence electrons. The van der Waals surface area contributed by atoms with Gasteiger partial charge in [0.2, 0.25) is 0 Å². The van der Waals surface area contributed by atoms with Crippen LogP contribution in [0.15, 0.2) is 30.3 Å². The third-order valence-electron chi connectivity index (χ3n) is 6.19. The molecule has 0 heterocycles. The Bertz CT molecular complexity index is 800. The van der Waals surface area contributed by atoms with Crippen LogP contribution in [0.1, 0.15) is 76.3 Å². The molecule has 1 unspecified atom stereocenters. The normalized spacial score (nSPS) is 13.7. The van der Waals surface area contributed by atoms with E-state index in [0.717, 1.165) is 17.5 Å². The van der Waals surface area contributed by atoms with Gasteiger partial charge in [0.25, 0.3) is 0 Å².